The summed E-state index contributed by atoms with van der Waals surface area (Å²) in [7, 11) is 0. The zero-order chi connectivity index (χ0) is 7.40. The van der Waals surface area contributed by atoms with E-state index in [2.05, 4.69) is 4.99 Å². The van der Waals surface area contributed by atoms with E-state index in [0.717, 1.165) is 0 Å². The lowest BCUT2D eigenvalue weighted by atomic mass is 10.3. The Morgan fingerprint density at radius 1 is 1.30 bits per heavy atom. The van der Waals surface area contributed by atoms with E-state index in [-0.39, 0.29) is 0 Å². The fourth-order valence-electron chi connectivity index (χ4n) is 0.613. The van der Waals surface area contributed by atoms with Crippen molar-refractivity contribution in [1.82, 2.24) is 0 Å². The van der Waals surface area contributed by atoms with Crippen molar-refractivity contribution in [2.75, 3.05) is 5.73 Å². The number of benzene rings is 1. The van der Waals surface area contributed by atoms with Crippen LogP contribution in [0.1, 0.15) is 0 Å². The maximum atomic E-state index is 6.55. The van der Waals surface area contributed by atoms with Gasteiger partial charge in [-0.15, -0.1) is 0 Å². The Hall–Kier alpha value is -1.60. The number of hydrogen-bond donors (Lipinski definition) is 2. The average Bonchev–Trinajstić information content (AvgIpc) is 1.95. The predicted octanol–water partition coefficient (Wildman–Crippen LogP) is 1.65. The molecule has 0 bridgehead atoms. The van der Waals surface area contributed by atoms with Crippen molar-refractivity contribution in [3.63, 3.8) is 0 Å². The lowest BCUT2D eigenvalue weighted by Gasteiger charge is -1.90. The minimum atomic E-state index is 0.698. The smallest absolute Gasteiger partial charge is 0.0918 e. The zero-order valence-corrected chi connectivity index (χ0v) is 5.33. The van der Waals surface area contributed by atoms with E-state index in [1.54, 1.807) is 24.3 Å². The molecular weight excluding hydrogens is 126 g/mol. The summed E-state index contributed by atoms with van der Waals surface area (Å²) in [6.45, 7) is 0. The molecule has 3 heteroatoms. The van der Waals surface area contributed by atoms with Crippen LogP contribution in [0.25, 0.3) is 0 Å². The van der Waals surface area contributed by atoms with Crippen molar-refractivity contribution in [2.45, 2.75) is 0 Å². The molecule has 1 aromatic carbocycles. The van der Waals surface area contributed by atoms with Gasteiger partial charge in [0.15, 0.2) is 0 Å². The summed E-state index contributed by atoms with van der Waals surface area (Å²) in [5, 5.41) is 6.55. The molecule has 50 valence electrons. The molecule has 0 aliphatic carbocycles. The molecule has 0 aromatic heterocycles. The van der Waals surface area contributed by atoms with Crippen LogP contribution >= 0.6 is 0 Å². The number of hydrogen-bond acceptors (Lipinski definition) is 3. The third kappa shape index (κ3) is 1.44. The van der Waals surface area contributed by atoms with Gasteiger partial charge in [0.2, 0.25) is 0 Å². The van der Waals surface area contributed by atoms with Gasteiger partial charge >= 0.3 is 0 Å². The number of nitrogens with two attached hydrogens (primary N) is 1. The van der Waals surface area contributed by atoms with Crippen LogP contribution in [0.3, 0.4) is 0 Å². The standard InChI is InChI=1S/C7H7N3/c8-5-10-7-3-1-6(9)2-4-7/h1-4,8H,9H2. The highest BCUT2D eigenvalue weighted by Crippen LogP contribution is 2.12. The molecule has 3 N–H and O–H groups in total. The van der Waals surface area contributed by atoms with Gasteiger partial charge in [-0.1, -0.05) is 0 Å². The molecule has 0 atom stereocenters. The first kappa shape index (κ1) is 6.52. The van der Waals surface area contributed by atoms with Crippen LogP contribution in [-0.4, -0.2) is 6.01 Å². The van der Waals surface area contributed by atoms with Gasteiger partial charge in [-0.2, -0.15) is 4.99 Å². The second-order valence-corrected chi connectivity index (χ2v) is 1.82. The fourth-order valence-corrected chi connectivity index (χ4v) is 0.613. The molecule has 0 unspecified atom stereocenters. The molecule has 0 radical (unpaired) electrons. The Kier molecular flexibility index (Phi) is 1.83. The summed E-state index contributed by atoms with van der Waals surface area (Å²) >= 11 is 0. The minimum Gasteiger partial charge on any atom is -0.399 e. The summed E-state index contributed by atoms with van der Waals surface area (Å²) in [5.41, 5.74) is 6.81. The van der Waals surface area contributed by atoms with E-state index in [4.69, 9.17) is 11.1 Å². The van der Waals surface area contributed by atoms with Gasteiger partial charge in [-0.25, -0.2) is 5.41 Å². The lowest BCUT2D eigenvalue weighted by Crippen LogP contribution is -1.80. The van der Waals surface area contributed by atoms with Gasteiger partial charge in [0.25, 0.3) is 0 Å². The number of aliphatic imine (C=N–C) groups is 1. The number of anilines is 1. The largest absolute Gasteiger partial charge is 0.399 e. The van der Waals surface area contributed by atoms with E-state index in [1.165, 1.54) is 0 Å². The summed E-state index contributed by atoms with van der Waals surface area (Å²) in [5.74, 6) is 0. The first-order valence-electron chi connectivity index (χ1n) is 2.81. The molecule has 0 amide bonds. The molecular formula is C7H7N3. The van der Waals surface area contributed by atoms with Crippen molar-refractivity contribution in [2.24, 2.45) is 4.99 Å². The van der Waals surface area contributed by atoms with Gasteiger partial charge < -0.3 is 5.73 Å². The average molecular weight is 133 g/mol. The van der Waals surface area contributed by atoms with Gasteiger partial charge in [0.05, 0.1) is 11.7 Å². The second-order valence-electron chi connectivity index (χ2n) is 1.82. The van der Waals surface area contributed by atoms with Crippen molar-refractivity contribution in [3.8, 4) is 0 Å². The summed E-state index contributed by atoms with van der Waals surface area (Å²) in [6, 6.07) is 8.87. The van der Waals surface area contributed by atoms with Crippen LogP contribution < -0.4 is 5.73 Å². The SMILES string of the molecule is N=C=Nc1ccc(N)cc1. The number of nitrogens with one attached hydrogen (secondary N) is 1. The molecule has 0 saturated heterocycles. The van der Waals surface area contributed by atoms with Crippen LogP contribution in [0.2, 0.25) is 0 Å². The topological polar surface area (TPSA) is 62.2 Å². The summed E-state index contributed by atoms with van der Waals surface area (Å²) in [4.78, 5) is 3.61. The molecule has 0 heterocycles. The fraction of sp³-hybridized carbons (Fsp3) is 0. The molecule has 1 rings (SSSR count). The zero-order valence-electron chi connectivity index (χ0n) is 5.33. The van der Waals surface area contributed by atoms with Crippen molar-refractivity contribution in [1.29, 1.82) is 5.41 Å². The van der Waals surface area contributed by atoms with Gasteiger partial charge in [-0.3, -0.25) is 0 Å². The third-order valence-corrected chi connectivity index (χ3v) is 1.08. The van der Waals surface area contributed by atoms with E-state index in [0.29, 0.717) is 11.4 Å². The molecule has 0 aliphatic heterocycles. The summed E-state index contributed by atoms with van der Waals surface area (Å²) < 4.78 is 0. The van der Waals surface area contributed by atoms with Crippen LogP contribution in [-0.2, 0) is 0 Å². The first-order chi connectivity index (χ1) is 4.83. The Balaban J connectivity index is 3.00. The first-order valence-corrected chi connectivity index (χ1v) is 2.81. The maximum absolute atomic E-state index is 6.55. The van der Waals surface area contributed by atoms with Crippen LogP contribution in [0.15, 0.2) is 29.3 Å². The van der Waals surface area contributed by atoms with Gasteiger partial charge in [0.1, 0.15) is 0 Å². The summed E-state index contributed by atoms with van der Waals surface area (Å²) in [6.07, 6.45) is 0. The van der Waals surface area contributed by atoms with Crippen LogP contribution in [0, 0.1) is 5.41 Å². The number of nitrogens with zero attached hydrogens (tertiary/aromatic N) is 1. The molecule has 1 aromatic rings. The number of nitrogen functional groups attached to an aromatic ring is 1. The van der Waals surface area contributed by atoms with Crippen molar-refractivity contribution >= 4 is 17.4 Å². The molecule has 10 heavy (non-hydrogen) atoms. The van der Waals surface area contributed by atoms with Crippen molar-refractivity contribution in [3.05, 3.63) is 24.3 Å². The number of rotatable bonds is 1. The Morgan fingerprint density at radius 2 is 1.90 bits per heavy atom. The Bertz CT molecular complexity index is 257. The maximum Gasteiger partial charge on any atom is 0.0918 e. The molecule has 3 nitrogen and oxygen atoms in total. The molecule has 0 saturated carbocycles. The highest BCUT2D eigenvalue weighted by atomic mass is 14.7. The van der Waals surface area contributed by atoms with Gasteiger partial charge in [0, 0.05) is 5.69 Å². The predicted molar refractivity (Wildman–Crippen MR) is 40.7 cm³/mol. The third-order valence-electron chi connectivity index (χ3n) is 1.08. The highest BCUT2D eigenvalue weighted by molar-refractivity contribution is 5.53. The van der Waals surface area contributed by atoms with Crippen LogP contribution in [0.5, 0.6) is 0 Å². The van der Waals surface area contributed by atoms with Crippen LogP contribution in [0.4, 0.5) is 11.4 Å². The van der Waals surface area contributed by atoms with Gasteiger partial charge in [-0.05, 0) is 24.3 Å². The highest BCUT2D eigenvalue weighted by Gasteiger charge is 1.85. The molecule has 0 fully saturated rings. The molecule has 0 spiro atoms. The second kappa shape index (κ2) is 2.80. The van der Waals surface area contributed by atoms with Crippen molar-refractivity contribution < 1.29 is 0 Å². The Morgan fingerprint density at radius 3 is 2.40 bits per heavy atom. The van der Waals surface area contributed by atoms with E-state index in [1.807, 2.05) is 6.01 Å². The monoisotopic (exact) mass is 133 g/mol. The minimum absolute atomic E-state index is 0.698. The molecule has 0 aliphatic rings. The normalized spacial score (nSPS) is 8.40. The van der Waals surface area contributed by atoms with E-state index < -0.39 is 0 Å². The van der Waals surface area contributed by atoms with E-state index in [9.17, 15) is 0 Å². The Labute approximate surface area is 58.7 Å². The lowest BCUT2D eigenvalue weighted by molar-refractivity contribution is 1.49. The van der Waals surface area contributed by atoms with E-state index >= 15 is 0 Å². The quantitative estimate of drug-likeness (QED) is 0.444.